The van der Waals surface area contributed by atoms with Gasteiger partial charge in [0.2, 0.25) is 5.91 Å². The number of benzene rings is 1. The second-order valence-electron chi connectivity index (χ2n) is 6.90. The molecular formula is C21H19N3O4S. The van der Waals surface area contributed by atoms with Crippen LogP contribution in [-0.4, -0.2) is 15.0 Å². The van der Waals surface area contributed by atoms with Crippen molar-refractivity contribution in [3.8, 4) is 0 Å². The van der Waals surface area contributed by atoms with Crippen LogP contribution in [0.15, 0.2) is 62.0 Å². The van der Waals surface area contributed by atoms with Gasteiger partial charge in [-0.25, -0.2) is 4.79 Å². The van der Waals surface area contributed by atoms with E-state index in [1.165, 1.54) is 22.2 Å². The highest BCUT2D eigenvalue weighted by Crippen LogP contribution is 2.17. The van der Waals surface area contributed by atoms with E-state index in [0.29, 0.717) is 21.7 Å². The number of aromatic nitrogens is 2. The summed E-state index contributed by atoms with van der Waals surface area (Å²) in [4.78, 5) is 38.5. The molecule has 3 heterocycles. The molecule has 4 aromatic rings. The summed E-state index contributed by atoms with van der Waals surface area (Å²) in [6.45, 7) is 3.72. The number of nitrogens with one attached hydrogen (secondary N) is 1. The Balaban J connectivity index is 1.71. The van der Waals surface area contributed by atoms with Crippen molar-refractivity contribution < 1.29 is 9.21 Å². The normalized spacial score (nSPS) is 11.1. The fraction of sp³-hybridized carbons (Fsp3) is 0.190. The molecule has 0 spiro atoms. The number of carbonyl (C=O) groups is 1. The number of nitrogens with zero attached hydrogens (tertiary/aromatic N) is 2. The van der Waals surface area contributed by atoms with Crippen LogP contribution in [0.3, 0.4) is 0 Å². The highest BCUT2D eigenvalue weighted by Gasteiger charge is 2.17. The van der Waals surface area contributed by atoms with Crippen molar-refractivity contribution in [3.63, 3.8) is 0 Å². The molecule has 1 N–H and O–H groups in total. The van der Waals surface area contributed by atoms with Crippen LogP contribution in [0.1, 0.15) is 16.9 Å². The molecule has 148 valence electrons. The third-order valence-electron chi connectivity index (χ3n) is 4.54. The smallest absolute Gasteiger partial charge is 0.332 e. The first kappa shape index (κ1) is 18.9. The van der Waals surface area contributed by atoms with Gasteiger partial charge in [0.25, 0.3) is 5.56 Å². The maximum atomic E-state index is 13.0. The van der Waals surface area contributed by atoms with E-state index in [-0.39, 0.29) is 24.6 Å². The number of carbonyl (C=O) groups excluding carboxylic acids is 1. The molecule has 0 aliphatic carbocycles. The first-order chi connectivity index (χ1) is 13.9. The number of amides is 1. The van der Waals surface area contributed by atoms with E-state index in [1.807, 2.05) is 32.0 Å². The fourth-order valence-corrected chi connectivity index (χ4v) is 4.22. The zero-order chi connectivity index (χ0) is 20.5. The van der Waals surface area contributed by atoms with Gasteiger partial charge in [0, 0.05) is 5.69 Å². The summed E-state index contributed by atoms with van der Waals surface area (Å²) in [5, 5.41) is 4.57. The van der Waals surface area contributed by atoms with Gasteiger partial charge in [-0.15, -0.1) is 11.3 Å². The van der Waals surface area contributed by atoms with Gasteiger partial charge >= 0.3 is 5.69 Å². The molecule has 0 atom stereocenters. The number of furan rings is 1. The van der Waals surface area contributed by atoms with Crippen molar-refractivity contribution in [1.29, 1.82) is 0 Å². The summed E-state index contributed by atoms with van der Waals surface area (Å²) < 4.78 is 8.13. The van der Waals surface area contributed by atoms with Crippen LogP contribution in [0, 0.1) is 13.8 Å². The summed E-state index contributed by atoms with van der Waals surface area (Å²) in [5.74, 6) is 0.152. The van der Waals surface area contributed by atoms with Crippen LogP contribution < -0.4 is 16.6 Å². The van der Waals surface area contributed by atoms with Crippen molar-refractivity contribution in [2.24, 2.45) is 0 Å². The van der Waals surface area contributed by atoms with Crippen LogP contribution in [0.5, 0.6) is 0 Å². The second-order valence-corrected chi connectivity index (χ2v) is 7.82. The van der Waals surface area contributed by atoms with Crippen molar-refractivity contribution >= 4 is 33.1 Å². The van der Waals surface area contributed by atoms with Gasteiger partial charge in [-0.1, -0.05) is 6.07 Å². The summed E-state index contributed by atoms with van der Waals surface area (Å²) in [5.41, 5.74) is 2.26. The molecule has 0 fully saturated rings. The number of fused-ring (bicyclic) bond motifs is 1. The average molecular weight is 409 g/mol. The molecule has 1 amide bonds. The summed E-state index contributed by atoms with van der Waals surface area (Å²) >= 11 is 1.24. The summed E-state index contributed by atoms with van der Waals surface area (Å²) in [6, 6.07) is 10.8. The number of rotatable bonds is 5. The van der Waals surface area contributed by atoms with Crippen molar-refractivity contribution in [2.45, 2.75) is 26.9 Å². The van der Waals surface area contributed by atoms with E-state index in [2.05, 4.69) is 5.32 Å². The van der Waals surface area contributed by atoms with Gasteiger partial charge in [0.15, 0.2) is 0 Å². The van der Waals surface area contributed by atoms with E-state index in [1.54, 1.807) is 23.6 Å². The second kappa shape index (κ2) is 7.56. The van der Waals surface area contributed by atoms with Crippen molar-refractivity contribution in [3.05, 3.63) is 85.8 Å². The average Bonchev–Trinajstić information content (AvgIpc) is 3.33. The van der Waals surface area contributed by atoms with E-state index < -0.39 is 5.69 Å². The Morgan fingerprint density at radius 3 is 2.55 bits per heavy atom. The zero-order valence-corrected chi connectivity index (χ0v) is 16.8. The molecule has 8 heteroatoms. The minimum atomic E-state index is -0.548. The van der Waals surface area contributed by atoms with Crippen LogP contribution >= 0.6 is 11.3 Å². The molecule has 1 aromatic carbocycles. The number of hydrogen-bond acceptors (Lipinski definition) is 5. The molecule has 4 rings (SSSR count). The Kier molecular flexibility index (Phi) is 4.94. The lowest BCUT2D eigenvalue weighted by Crippen LogP contribution is -2.41. The fourth-order valence-electron chi connectivity index (χ4n) is 3.37. The molecule has 29 heavy (non-hydrogen) atoms. The SMILES string of the molecule is Cc1cc(C)cc(NC(=O)Cn2c(=O)n(Cc3ccco3)c(=O)c3sccc32)c1. The Morgan fingerprint density at radius 1 is 1.10 bits per heavy atom. The molecular weight excluding hydrogens is 390 g/mol. The lowest BCUT2D eigenvalue weighted by atomic mass is 10.1. The van der Waals surface area contributed by atoms with Gasteiger partial charge in [-0.05, 0) is 60.7 Å². The molecule has 7 nitrogen and oxygen atoms in total. The van der Waals surface area contributed by atoms with Gasteiger partial charge in [0.05, 0.1) is 18.3 Å². The molecule has 0 aliphatic rings. The molecule has 0 bridgehead atoms. The maximum absolute atomic E-state index is 13.0. The van der Waals surface area contributed by atoms with Crippen LogP contribution in [0.25, 0.3) is 10.2 Å². The molecule has 0 unspecified atom stereocenters. The molecule has 0 aliphatic heterocycles. The Labute approximate surface area is 169 Å². The number of thiophene rings is 1. The Hall–Kier alpha value is -3.39. The maximum Gasteiger partial charge on any atom is 0.332 e. The summed E-state index contributed by atoms with van der Waals surface area (Å²) in [6.07, 6.45) is 1.49. The standard InChI is InChI=1S/C21H19N3O4S/c1-13-8-14(2)10-15(9-13)22-18(25)12-23-17-5-7-29-19(17)20(26)24(21(23)27)11-16-4-3-6-28-16/h3-10H,11-12H2,1-2H3,(H,22,25). The third-order valence-corrected chi connectivity index (χ3v) is 5.43. The molecule has 0 radical (unpaired) electrons. The first-order valence-electron chi connectivity index (χ1n) is 9.04. The van der Waals surface area contributed by atoms with Crippen LogP contribution in [-0.2, 0) is 17.9 Å². The quantitative estimate of drug-likeness (QED) is 0.549. The minimum Gasteiger partial charge on any atom is -0.467 e. The molecule has 0 saturated heterocycles. The largest absolute Gasteiger partial charge is 0.467 e. The van der Waals surface area contributed by atoms with E-state index in [4.69, 9.17) is 4.42 Å². The monoisotopic (exact) mass is 409 g/mol. The van der Waals surface area contributed by atoms with E-state index in [0.717, 1.165) is 15.7 Å². The highest BCUT2D eigenvalue weighted by atomic mass is 32.1. The lowest BCUT2D eigenvalue weighted by Gasteiger charge is -2.12. The summed E-state index contributed by atoms with van der Waals surface area (Å²) in [7, 11) is 0. The number of hydrogen-bond donors (Lipinski definition) is 1. The van der Waals surface area contributed by atoms with E-state index in [9.17, 15) is 14.4 Å². The van der Waals surface area contributed by atoms with E-state index >= 15 is 0 Å². The predicted molar refractivity (Wildman–Crippen MR) is 113 cm³/mol. The topological polar surface area (TPSA) is 86.2 Å². The third kappa shape index (κ3) is 3.79. The van der Waals surface area contributed by atoms with Gasteiger partial charge in [-0.3, -0.25) is 18.7 Å². The van der Waals surface area contributed by atoms with Crippen LogP contribution in [0.2, 0.25) is 0 Å². The van der Waals surface area contributed by atoms with Crippen LogP contribution in [0.4, 0.5) is 5.69 Å². The van der Waals surface area contributed by atoms with Gasteiger partial charge in [0.1, 0.15) is 17.0 Å². The Bertz CT molecular complexity index is 1290. The lowest BCUT2D eigenvalue weighted by molar-refractivity contribution is -0.116. The highest BCUT2D eigenvalue weighted by molar-refractivity contribution is 7.17. The minimum absolute atomic E-state index is 0.0111. The van der Waals surface area contributed by atoms with Crippen molar-refractivity contribution in [2.75, 3.05) is 5.32 Å². The molecule has 3 aromatic heterocycles. The predicted octanol–water partition coefficient (Wildman–Crippen LogP) is 3.12. The first-order valence-corrected chi connectivity index (χ1v) is 9.92. The molecule has 0 saturated carbocycles. The number of anilines is 1. The zero-order valence-electron chi connectivity index (χ0n) is 16.0. The number of aryl methyl sites for hydroxylation is 2. The van der Waals surface area contributed by atoms with Gasteiger partial charge in [-0.2, -0.15) is 0 Å². The van der Waals surface area contributed by atoms with Crippen molar-refractivity contribution in [1.82, 2.24) is 9.13 Å². The Morgan fingerprint density at radius 2 is 1.86 bits per heavy atom. The van der Waals surface area contributed by atoms with Gasteiger partial charge < -0.3 is 9.73 Å².